The summed E-state index contributed by atoms with van der Waals surface area (Å²) >= 11 is 13.5. The van der Waals surface area contributed by atoms with Gasteiger partial charge in [0.25, 0.3) is 5.91 Å². The van der Waals surface area contributed by atoms with Crippen LogP contribution in [0.2, 0.25) is 10.0 Å². The summed E-state index contributed by atoms with van der Waals surface area (Å²) in [5.41, 5.74) is 3.87. The van der Waals surface area contributed by atoms with Crippen molar-refractivity contribution in [3.05, 3.63) is 63.0 Å². The maximum atomic E-state index is 12.2. The molecule has 0 saturated carbocycles. The normalized spacial score (nSPS) is 10.9. The Morgan fingerprint density at radius 2 is 2.00 bits per heavy atom. The molecule has 2 aromatic carbocycles. The van der Waals surface area contributed by atoms with Crippen LogP contribution in [0.4, 0.5) is 5.13 Å². The zero-order valence-electron chi connectivity index (χ0n) is 15.8. The van der Waals surface area contributed by atoms with Crippen molar-refractivity contribution in [2.45, 2.75) is 26.7 Å². The largest absolute Gasteiger partial charge is 0.484 e. The van der Waals surface area contributed by atoms with E-state index in [1.165, 1.54) is 16.9 Å². The summed E-state index contributed by atoms with van der Waals surface area (Å²) in [7, 11) is 0. The molecule has 0 bridgehead atoms. The van der Waals surface area contributed by atoms with Gasteiger partial charge >= 0.3 is 0 Å². The van der Waals surface area contributed by atoms with Crippen molar-refractivity contribution in [3.8, 4) is 17.0 Å². The number of thiazole rings is 1. The first-order valence-electron chi connectivity index (χ1n) is 8.77. The number of anilines is 1. The molecule has 4 nitrogen and oxygen atoms in total. The molecule has 0 spiro atoms. The third kappa shape index (κ3) is 5.04. The third-order valence-corrected chi connectivity index (χ3v) is 5.50. The van der Waals surface area contributed by atoms with Gasteiger partial charge in [0.2, 0.25) is 0 Å². The van der Waals surface area contributed by atoms with E-state index in [0.717, 1.165) is 11.1 Å². The summed E-state index contributed by atoms with van der Waals surface area (Å²) < 4.78 is 5.61. The molecular weight excluding hydrogens is 415 g/mol. The van der Waals surface area contributed by atoms with Crippen molar-refractivity contribution in [1.82, 2.24) is 4.98 Å². The van der Waals surface area contributed by atoms with Crippen LogP contribution in [0.15, 0.2) is 41.8 Å². The van der Waals surface area contributed by atoms with Gasteiger partial charge in [-0.05, 0) is 54.3 Å². The monoisotopic (exact) mass is 434 g/mol. The Balaban J connectivity index is 1.60. The minimum atomic E-state index is -0.270. The van der Waals surface area contributed by atoms with Crippen LogP contribution in [-0.4, -0.2) is 17.5 Å². The predicted molar refractivity (Wildman–Crippen MR) is 117 cm³/mol. The number of amides is 1. The van der Waals surface area contributed by atoms with Crippen LogP contribution in [-0.2, 0) is 4.79 Å². The lowest BCUT2D eigenvalue weighted by atomic mass is 9.98. The highest BCUT2D eigenvalue weighted by Crippen LogP contribution is 2.32. The van der Waals surface area contributed by atoms with E-state index in [9.17, 15) is 4.79 Å². The van der Waals surface area contributed by atoms with Crippen molar-refractivity contribution in [1.29, 1.82) is 0 Å². The van der Waals surface area contributed by atoms with Crippen LogP contribution in [0.1, 0.15) is 30.9 Å². The van der Waals surface area contributed by atoms with Gasteiger partial charge in [0, 0.05) is 16.0 Å². The molecular formula is C21H20Cl2N2O2S. The molecule has 28 heavy (non-hydrogen) atoms. The summed E-state index contributed by atoms with van der Waals surface area (Å²) in [4.78, 5) is 16.6. The van der Waals surface area contributed by atoms with Gasteiger partial charge in [-0.25, -0.2) is 4.98 Å². The van der Waals surface area contributed by atoms with Crippen LogP contribution in [0.3, 0.4) is 0 Å². The number of aromatic nitrogens is 1. The zero-order valence-corrected chi connectivity index (χ0v) is 18.1. The summed E-state index contributed by atoms with van der Waals surface area (Å²) in [5.74, 6) is 0.851. The van der Waals surface area contributed by atoms with Crippen molar-refractivity contribution >= 4 is 45.6 Å². The Morgan fingerprint density at radius 1 is 1.21 bits per heavy atom. The molecule has 1 N–H and O–H groups in total. The van der Waals surface area contributed by atoms with Crippen molar-refractivity contribution < 1.29 is 9.53 Å². The van der Waals surface area contributed by atoms with E-state index in [0.29, 0.717) is 32.5 Å². The SMILES string of the molecule is Cc1cc(OCC(=O)Nc2nc(-c3ccc(Cl)cc3Cl)cs2)ccc1C(C)C. The molecule has 1 heterocycles. The second kappa shape index (κ2) is 8.95. The lowest BCUT2D eigenvalue weighted by molar-refractivity contribution is -0.118. The number of hydrogen-bond donors (Lipinski definition) is 1. The molecule has 3 aromatic rings. The van der Waals surface area contributed by atoms with E-state index in [-0.39, 0.29) is 12.5 Å². The van der Waals surface area contributed by atoms with Crippen molar-refractivity contribution in [2.75, 3.05) is 11.9 Å². The van der Waals surface area contributed by atoms with E-state index in [2.05, 4.69) is 24.1 Å². The fraction of sp³-hybridized carbons (Fsp3) is 0.238. The Kier molecular flexibility index (Phi) is 6.60. The van der Waals surface area contributed by atoms with Gasteiger partial charge in [-0.3, -0.25) is 10.1 Å². The zero-order chi connectivity index (χ0) is 20.3. The average Bonchev–Trinajstić information content (AvgIpc) is 3.07. The number of benzene rings is 2. The smallest absolute Gasteiger partial charge is 0.264 e. The summed E-state index contributed by atoms with van der Waals surface area (Å²) in [5, 5.41) is 6.15. The highest BCUT2D eigenvalue weighted by molar-refractivity contribution is 7.14. The van der Waals surface area contributed by atoms with E-state index in [1.54, 1.807) is 18.2 Å². The van der Waals surface area contributed by atoms with Crippen molar-refractivity contribution in [2.24, 2.45) is 0 Å². The van der Waals surface area contributed by atoms with Crippen LogP contribution in [0, 0.1) is 6.92 Å². The van der Waals surface area contributed by atoms with Gasteiger partial charge in [0.1, 0.15) is 5.75 Å². The molecule has 0 saturated heterocycles. The molecule has 0 unspecified atom stereocenters. The van der Waals surface area contributed by atoms with Gasteiger partial charge in [-0.2, -0.15) is 0 Å². The average molecular weight is 435 g/mol. The lowest BCUT2D eigenvalue weighted by Crippen LogP contribution is -2.20. The molecule has 0 fully saturated rings. The van der Waals surface area contributed by atoms with Crippen LogP contribution >= 0.6 is 34.5 Å². The maximum absolute atomic E-state index is 12.2. The Bertz CT molecular complexity index is 1000. The standard InChI is InChI=1S/C21H20Cl2N2O2S/c1-12(2)16-7-5-15(8-13(16)3)27-10-20(26)25-21-24-19(11-28-21)17-6-4-14(22)9-18(17)23/h4-9,11-12H,10H2,1-3H3,(H,24,25,26). The number of ether oxygens (including phenoxy) is 1. The van der Waals surface area contributed by atoms with Gasteiger partial charge in [-0.1, -0.05) is 43.1 Å². The first-order chi connectivity index (χ1) is 13.3. The highest BCUT2D eigenvalue weighted by Gasteiger charge is 2.12. The molecule has 0 aliphatic carbocycles. The highest BCUT2D eigenvalue weighted by atomic mass is 35.5. The summed E-state index contributed by atoms with van der Waals surface area (Å²) in [6.45, 7) is 6.25. The Morgan fingerprint density at radius 3 is 2.68 bits per heavy atom. The maximum Gasteiger partial charge on any atom is 0.264 e. The molecule has 7 heteroatoms. The predicted octanol–water partition coefficient (Wildman–Crippen LogP) is 6.57. The quantitative estimate of drug-likeness (QED) is 0.477. The van der Waals surface area contributed by atoms with Crippen LogP contribution in [0.5, 0.6) is 5.75 Å². The second-order valence-electron chi connectivity index (χ2n) is 6.67. The molecule has 1 aromatic heterocycles. The van der Waals surface area contributed by atoms with Gasteiger partial charge in [0.15, 0.2) is 11.7 Å². The summed E-state index contributed by atoms with van der Waals surface area (Å²) in [6, 6.07) is 11.1. The number of carbonyl (C=O) groups excluding carboxylic acids is 1. The number of hydrogen-bond acceptors (Lipinski definition) is 4. The number of aryl methyl sites for hydroxylation is 1. The van der Waals surface area contributed by atoms with Crippen LogP contribution in [0.25, 0.3) is 11.3 Å². The second-order valence-corrected chi connectivity index (χ2v) is 8.37. The molecule has 0 atom stereocenters. The first-order valence-corrected chi connectivity index (χ1v) is 10.4. The number of rotatable bonds is 6. The molecule has 0 aliphatic heterocycles. The van der Waals surface area contributed by atoms with Gasteiger partial charge in [0.05, 0.1) is 10.7 Å². The Labute approximate surface area is 178 Å². The van der Waals surface area contributed by atoms with Crippen LogP contribution < -0.4 is 10.1 Å². The minimum Gasteiger partial charge on any atom is -0.484 e. The van der Waals surface area contributed by atoms with E-state index in [4.69, 9.17) is 27.9 Å². The van der Waals surface area contributed by atoms with E-state index < -0.39 is 0 Å². The van der Waals surface area contributed by atoms with Gasteiger partial charge < -0.3 is 4.74 Å². The number of carbonyl (C=O) groups is 1. The lowest BCUT2D eigenvalue weighted by Gasteiger charge is -2.12. The van der Waals surface area contributed by atoms with Gasteiger partial charge in [-0.15, -0.1) is 11.3 Å². The Hall–Kier alpha value is -2.08. The molecule has 3 rings (SSSR count). The minimum absolute atomic E-state index is 0.0862. The number of nitrogens with one attached hydrogen (secondary N) is 1. The topological polar surface area (TPSA) is 51.2 Å². The van der Waals surface area contributed by atoms with E-state index in [1.807, 2.05) is 30.5 Å². The molecule has 146 valence electrons. The fourth-order valence-corrected chi connectivity index (χ4v) is 4.07. The summed E-state index contributed by atoms with van der Waals surface area (Å²) in [6.07, 6.45) is 0. The fourth-order valence-electron chi connectivity index (χ4n) is 2.84. The number of nitrogens with zero attached hydrogens (tertiary/aromatic N) is 1. The number of halogens is 2. The third-order valence-electron chi connectivity index (χ3n) is 4.19. The first kappa shape index (κ1) is 20.6. The van der Waals surface area contributed by atoms with Crippen molar-refractivity contribution in [3.63, 3.8) is 0 Å². The molecule has 0 radical (unpaired) electrons. The molecule has 1 amide bonds. The molecule has 0 aliphatic rings. The van der Waals surface area contributed by atoms with E-state index >= 15 is 0 Å².